The van der Waals surface area contributed by atoms with Crippen LogP contribution >= 0.6 is 11.6 Å². The number of ether oxygens (including phenoxy) is 2. The molecule has 0 bridgehead atoms. The lowest BCUT2D eigenvalue weighted by molar-refractivity contribution is 0.0914. The number of piperidine rings is 1. The van der Waals surface area contributed by atoms with Crippen LogP contribution in [0.5, 0.6) is 5.75 Å². The van der Waals surface area contributed by atoms with Gasteiger partial charge in [0.25, 0.3) is 5.91 Å². The van der Waals surface area contributed by atoms with E-state index in [0.717, 1.165) is 5.56 Å². The van der Waals surface area contributed by atoms with Crippen molar-refractivity contribution in [2.24, 2.45) is 0 Å². The Kier molecular flexibility index (Phi) is 5.87. The molecule has 2 amide bonds. The van der Waals surface area contributed by atoms with Crippen molar-refractivity contribution in [3.8, 4) is 17.2 Å². The van der Waals surface area contributed by atoms with Crippen LogP contribution in [-0.4, -0.2) is 52.2 Å². The fraction of sp³-hybridized carbons (Fsp3) is 0.304. The molecular weight excluding hydrogens is 448 g/mol. The number of benzene rings is 1. The minimum atomic E-state index is -0.335. The molecule has 170 valence electrons. The third-order valence-corrected chi connectivity index (χ3v) is 5.97. The number of pyridine rings is 1. The Balaban J connectivity index is 1.33. The summed E-state index contributed by atoms with van der Waals surface area (Å²) in [6.45, 7) is 1.26. The number of hydrogen-bond acceptors (Lipinski definition) is 7. The number of hydrogen-bond donors (Lipinski definition) is 1. The SMILES string of the molecule is O=C(NCc1ccc(Cl)cc1)c1cc(O[C@H]2CCN3C(=O)OC[C@@H]3C2)c(-c2ncco2)cn1. The summed E-state index contributed by atoms with van der Waals surface area (Å²) in [5, 5.41) is 3.49. The molecule has 2 fully saturated rings. The van der Waals surface area contributed by atoms with Crippen LogP contribution in [0.1, 0.15) is 28.9 Å². The van der Waals surface area contributed by atoms with Gasteiger partial charge in [0, 0.05) is 43.2 Å². The molecule has 2 aliphatic rings. The minimum absolute atomic E-state index is 0.00887. The Hall–Kier alpha value is -3.59. The average molecular weight is 469 g/mol. The van der Waals surface area contributed by atoms with Crippen molar-refractivity contribution >= 4 is 23.6 Å². The zero-order valence-corrected chi connectivity index (χ0v) is 18.3. The first-order chi connectivity index (χ1) is 16.1. The van der Waals surface area contributed by atoms with Gasteiger partial charge in [-0.1, -0.05) is 23.7 Å². The van der Waals surface area contributed by atoms with E-state index in [2.05, 4.69) is 15.3 Å². The summed E-state index contributed by atoms with van der Waals surface area (Å²) in [7, 11) is 0. The molecule has 2 aliphatic heterocycles. The lowest BCUT2D eigenvalue weighted by Crippen LogP contribution is -2.44. The summed E-state index contributed by atoms with van der Waals surface area (Å²) in [5.41, 5.74) is 1.68. The van der Waals surface area contributed by atoms with Gasteiger partial charge in [-0.15, -0.1) is 0 Å². The maximum absolute atomic E-state index is 12.8. The number of cyclic esters (lactones) is 1. The highest BCUT2D eigenvalue weighted by molar-refractivity contribution is 6.30. The monoisotopic (exact) mass is 468 g/mol. The first-order valence-corrected chi connectivity index (χ1v) is 11.0. The minimum Gasteiger partial charge on any atom is -0.489 e. The highest BCUT2D eigenvalue weighted by atomic mass is 35.5. The topological polar surface area (TPSA) is 107 Å². The average Bonchev–Trinajstić information content (AvgIpc) is 3.49. The van der Waals surface area contributed by atoms with Crippen LogP contribution in [0.3, 0.4) is 0 Å². The van der Waals surface area contributed by atoms with Gasteiger partial charge in [-0.2, -0.15) is 0 Å². The van der Waals surface area contributed by atoms with Gasteiger partial charge in [0.15, 0.2) is 0 Å². The number of aromatic nitrogens is 2. The number of halogens is 1. The number of nitrogens with zero attached hydrogens (tertiary/aromatic N) is 3. The number of fused-ring (bicyclic) bond motifs is 1. The highest BCUT2D eigenvalue weighted by Crippen LogP contribution is 2.33. The third kappa shape index (κ3) is 4.63. The number of carbonyl (C=O) groups excluding carboxylic acids is 2. The van der Waals surface area contributed by atoms with Crippen molar-refractivity contribution in [3.63, 3.8) is 0 Å². The summed E-state index contributed by atoms with van der Waals surface area (Å²) in [6, 6.07) is 8.82. The second-order valence-electron chi connectivity index (χ2n) is 7.90. The van der Waals surface area contributed by atoms with Gasteiger partial charge in [-0.05, 0) is 17.7 Å². The molecule has 1 N–H and O–H groups in total. The van der Waals surface area contributed by atoms with Crippen molar-refractivity contribution in [1.82, 2.24) is 20.2 Å². The third-order valence-electron chi connectivity index (χ3n) is 5.72. The second-order valence-corrected chi connectivity index (χ2v) is 8.34. The van der Waals surface area contributed by atoms with E-state index in [1.807, 2.05) is 12.1 Å². The smallest absolute Gasteiger partial charge is 0.410 e. The molecule has 10 heteroatoms. The fourth-order valence-corrected chi connectivity index (χ4v) is 4.13. The molecule has 1 aromatic carbocycles. The van der Waals surface area contributed by atoms with Gasteiger partial charge in [0.1, 0.15) is 30.4 Å². The van der Waals surface area contributed by atoms with Crippen molar-refractivity contribution < 1.29 is 23.5 Å². The van der Waals surface area contributed by atoms with Crippen molar-refractivity contribution in [2.45, 2.75) is 31.5 Å². The largest absolute Gasteiger partial charge is 0.489 e. The summed E-state index contributed by atoms with van der Waals surface area (Å²) in [5.74, 6) is 0.466. The summed E-state index contributed by atoms with van der Waals surface area (Å²) in [4.78, 5) is 34.7. The first kappa shape index (κ1) is 21.3. The van der Waals surface area contributed by atoms with Gasteiger partial charge in [0.2, 0.25) is 5.89 Å². The van der Waals surface area contributed by atoms with Gasteiger partial charge >= 0.3 is 6.09 Å². The number of rotatable bonds is 6. The number of amides is 2. The van der Waals surface area contributed by atoms with Crippen LogP contribution in [0.4, 0.5) is 4.79 Å². The zero-order chi connectivity index (χ0) is 22.8. The Bertz CT molecular complexity index is 1150. The Morgan fingerprint density at radius 3 is 2.91 bits per heavy atom. The zero-order valence-electron chi connectivity index (χ0n) is 17.6. The van der Waals surface area contributed by atoms with Crippen molar-refractivity contribution in [2.75, 3.05) is 13.2 Å². The van der Waals surface area contributed by atoms with Crippen LogP contribution in [0.2, 0.25) is 5.02 Å². The van der Waals surface area contributed by atoms with Crippen LogP contribution in [0.25, 0.3) is 11.5 Å². The van der Waals surface area contributed by atoms with E-state index in [9.17, 15) is 9.59 Å². The van der Waals surface area contributed by atoms with Crippen molar-refractivity contribution in [3.05, 3.63) is 65.3 Å². The molecule has 4 heterocycles. The lowest BCUT2D eigenvalue weighted by Gasteiger charge is -2.32. The van der Waals surface area contributed by atoms with Gasteiger partial charge in [-0.3, -0.25) is 4.79 Å². The molecule has 0 radical (unpaired) electrons. The molecular formula is C23H21ClN4O5. The maximum atomic E-state index is 12.8. The second kappa shape index (κ2) is 9.11. The molecule has 9 nitrogen and oxygen atoms in total. The predicted molar refractivity (Wildman–Crippen MR) is 118 cm³/mol. The van der Waals surface area contributed by atoms with Gasteiger partial charge < -0.3 is 24.1 Å². The molecule has 3 aromatic rings. The number of oxazole rings is 1. The summed E-state index contributed by atoms with van der Waals surface area (Å²) in [6.07, 6.45) is 5.38. The van der Waals surface area contributed by atoms with E-state index in [-0.39, 0.29) is 29.8 Å². The fourth-order valence-electron chi connectivity index (χ4n) is 4.00. The molecule has 0 saturated carbocycles. The van der Waals surface area contributed by atoms with E-state index in [4.69, 9.17) is 25.5 Å². The van der Waals surface area contributed by atoms with E-state index in [1.54, 1.807) is 23.1 Å². The number of carbonyl (C=O) groups is 2. The van der Waals surface area contributed by atoms with Crippen molar-refractivity contribution in [1.29, 1.82) is 0 Å². The highest BCUT2D eigenvalue weighted by Gasteiger charge is 2.39. The quantitative estimate of drug-likeness (QED) is 0.588. The Labute approximate surface area is 194 Å². The Morgan fingerprint density at radius 2 is 2.12 bits per heavy atom. The van der Waals surface area contributed by atoms with E-state index in [0.29, 0.717) is 54.8 Å². The van der Waals surface area contributed by atoms with Gasteiger partial charge in [0.05, 0.1) is 17.8 Å². The molecule has 2 saturated heterocycles. The summed E-state index contributed by atoms with van der Waals surface area (Å²) >= 11 is 5.91. The van der Waals surface area contributed by atoms with E-state index < -0.39 is 0 Å². The maximum Gasteiger partial charge on any atom is 0.410 e. The molecule has 0 aliphatic carbocycles. The van der Waals surface area contributed by atoms with E-state index in [1.165, 1.54) is 18.7 Å². The van der Waals surface area contributed by atoms with Crippen LogP contribution in [-0.2, 0) is 11.3 Å². The van der Waals surface area contributed by atoms with Gasteiger partial charge in [-0.25, -0.2) is 14.8 Å². The van der Waals surface area contributed by atoms with Crippen LogP contribution < -0.4 is 10.1 Å². The van der Waals surface area contributed by atoms with Crippen LogP contribution in [0.15, 0.2) is 53.4 Å². The summed E-state index contributed by atoms with van der Waals surface area (Å²) < 4.78 is 16.9. The molecule has 2 aromatic heterocycles. The van der Waals surface area contributed by atoms with Crippen LogP contribution in [0, 0.1) is 0 Å². The predicted octanol–water partition coefficient (Wildman–Crippen LogP) is 3.68. The first-order valence-electron chi connectivity index (χ1n) is 10.6. The molecule has 5 rings (SSSR count). The number of nitrogens with one attached hydrogen (secondary N) is 1. The van der Waals surface area contributed by atoms with E-state index >= 15 is 0 Å². The standard InChI is InChI=1S/C23H21ClN4O5/c24-15-3-1-14(2-4-15)11-27-21(29)19-10-20(18(12-26-19)22-25-6-8-31-22)33-17-5-7-28-16(9-17)13-32-23(28)30/h1-4,6,8,10,12,16-17H,5,7,9,11,13H2,(H,27,29)/t16-,17-/m0/s1. The molecule has 33 heavy (non-hydrogen) atoms. The molecule has 0 unspecified atom stereocenters. The Morgan fingerprint density at radius 1 is 1.27 bits per heavy atom. The molecule has 0 spiro atoms. The molecule has 2 atom stereocenters. The normalized spacial score (nSPS) is 19.7. The lowest BCUT2D eigenvalue weighted by atomic mass is 10.0.